The number of likely N-dealkylation sites (N-methyl/N-ethyl adjacent to an activating group) is 2. The zero-order valence-corrected chi connectivity index (χ0v) is 30.0. The van der Waals surface area contributed by atoms with E-state index in [2.05, 4.69) is 72.8 Å². The topological polar surface area (TPSA) is 40.6 Å². The highest BCUT2D eigenvalue weighted by Gasteiger charge is 2.51. The third kappa shape index (κ3) is 6.02. The average molecular weight is 683 g/mol. The van der Waals surface area contributed by atoms with Crippen LogP contribution in [0.5, 0.6) is 0 Å². The molecular formula is C48H46N2O2. The molecule has 0 N–H and O–H groups in total. The molecule has 0 aliphatic heterocycles. The predicted octanol–water partition coefficient (Wildman–Crippen LogP) is 9.28. The Labute approximate surface area is 308 Å². The molecule has 0 bridgehead atoms. The van der Waals surface area contributed by atoms with E-state index in [-0.39, 0.29) is 23.9 Å². The SMILES string of the molecule is CN(C(=O)C(c1ccccc1)(c1ccccc1)c1ccccc1)[C@@H]1CCCC[C@H]1N(C)C(=O)C(c1ccccc1)(c1ccccc1)c1ccccc1. The van der Waals surface area contributed by atoms with Gasteiger partial charge in [0.2, 0.25) is 11.8 Å². The molecule has 0 aromatic heterocycles. The summed E-state index contributed by atoms with van der Waals surface area (Å²) in [6.07, 6.45) is 3.57. The summed E-state index contributed by atoms with van der Waals surface area (Å²) in [5.41, 5.74) is 3.30. The standard InChI is InChI=1S/C48H46N2O2/c1-49(45(51)47(37-23-9-3-10-24-37,38-25-11-4-12-26-38)39-27-13-5-14-28-39)43-35-21-22-36-44(43)50(2)46(52)48(40-29-15-6-16-30-40,41-31-17-7-18-32-41)42-33-19-8-20-34-42/h3-20,23-34,43-44H,21-22,35-36H2,1-2H3/t43-,44-/m1/s1. The van der Waals surface area contributed by atoms with E-state index in [0.717, 1.165) is 59.1 Å². The summed E-state index contributed by atoms with van der Waals surface area (Å²) in [4.78, 5) is 35.3. The van der Waals surface area contributed by atoms with Crippen molar-refractivity contribution in [2.45, 2.75) is 48.6 Å². The lowest BCUT2D eigenvalue weighted by Crippen LogP contribution is -2.60. The first-order valence-corrected chi connectivity index (χ1v) is 18.4. The zero-order chi connectivity index (χ0) is 36.0. The molecule has 2 amide bonds. The van der Waals surface area contributed by atoms with Gasteiger partial charge in [-0.1, -0.05) is 195 Å². The van der Waals surface area contributed by atoms with Crippen LogP contribution in [-0.4, -0.2) is 47.8 Å². The molecule has 4 nitrogen and oxygen atoms in total. The number of nitrogens with zero attached hydrogens (tertiary/aromatic N) is 2. The Hall–Kier alpha value is -5.74. The molecule has 6 aromatic rings. The van der Waals surface area contributed by atoms with Crippen LogP contribution >= 0.6 is 0 Å². The lowest BCUT2D eigenvalue weighted by Gasteiger charge is -2.48. The second kappa shape index (κ2) is 15.2. The van der Waals surface area contributed by atoms with Crippen LogP contribution in [0, 0.1) is 0 Å². The molecule has 1 aliphatic carbocycles. The largest absolute Gasteiger partial charge is 0.339 e. The van der Waals surface area contributed by atoms with E-state index in [1.54, 1.807) is 0 Å². The maximum atomic E-state index is 15.7. The molecule has 52 heavy (non-hydrogen) atoms. The Bertz CT molecular complexity index is 1710. The molecule has 1 aliphatic rings. The summed E-state index contributed by atoms with van der Waals surface area (Å²) in [7, 11) is 3.90. The molecule has 0 heterocycles. The van der Waals surface area contributed by atoms with Crippen LogP contribution in [0.25, 0.3) is 0 Å². The highest BCUT2D eigenvalue weighted by Crippen LogP contribution is 2.44. The van der Waals surface area contributed by atoms with Gasteiger partial charge in [0.15, 0.2) is 0 Å². The number of rotatable bonds is 10. The smallest absolute Gasteiger partial charge is 0.242 e. The van der Waals surface area contributed by atoms with Crippen molar-refractivity contribution in [3.63, 3.8) is 0 Å². The van der Waals surface area contributed by atoms with Gasteiger partial charge in [-0.15, -0.1) is 0 Å². The first kappa shape index (κ1) is 34.7. The van der Waals surface area contributed by atoms with E-state index in [9.17, 15) is 0 Å². The van der Waals surface area contributed by atoms with Crippen molar-refractivity contribution in [1.29, 1.82) is 0 Å². The van der Waals surface area contributed by atoms with E-state index in [1.807, 2.05) is 133 Å². The average Bonchev–Trinajstić information content (AvgIpc) is 3.23. The molecule has 0 radical (unpaired) electrons. The summed E-state index contributed by atoms with van der Waals surface area (Å²) in [5, 5.41) is 0. The van der Waals surface area contributed by atoms with E-state index >= 15 is 9.59 Å². The number of carbonyl (C=O) groups excluding carboxylic acids is 2. The molecule has 1 fully saturated rings. The van der Waals surface area contributed by atoms with E-state index in [4.69, 9.17) is 0 Å². The first-order valence-electron chi connectivity index (χ1n) is 18.4. The van der Waals surface area contributed by atoms with E-state index in [0.29, 0.717) is 0 Å². The molecular weight excluding hydrogens is 637 g/mol. The van der Waals surface area contributed by atoms with Gasteiger partial charge in [0.1, 0.15) is 10.8 Å². The quantitative estimate of drug-likeness (QED) is 0.135. The third-order valence-electron chi connectivity index (χ3n) is 11.2. The summed E-state index contributed by atoms with van der Waals surface area (Å²) in [6, 6.07) is 60.4. The maximum absolute atomic E-state index is 15.7. The monoisotopic (exact) mass is 682 g/mol. The molecule has 0 saturated heterocycles. The van der Waals surface area contributed by atoms with Crippen molar-refractivity contribution in [1.82, 2.24) is 9.80 Å². The Balaban J connectivity index is 1.35. The van der Waals surface area contributed by atoms with Crippen molar-refractivity contribution in [2.24, 2.45) is 0 Å². The second-order valence-corrected chi connectivity index (χ2v) is 13.9. The fourth-order valence-corrected chi connectivity index (χ4v) is 8.70. The van der Waals surface area contributed by atoms with Gasteiger partial charge in [0.25, 0.3) is 0 Å². The van der Waals surface area contributed by atoms with Gasteiger partial charge in [0.05, 0.1) is 12.1 Å². The van der Waals surface area contributed by atoms with Crippen molar-refractivity contribution in [3.8, 4) is 0 Å². The molecule has 2 atom stereocenters. The lowest BCUT2D eigenvalue weighted by atomic mass is 9.67. The number of carbonyl (C=O) groups is 2. The Morgan fingerprint density at radius 3 is 0.769 bits per heavy atom. The maximum Gasteiger partial charge on any atom is 0.242 e. The van der Waals surface area contributed by atoms with Gasteiger partial charge >= 0.3 is 0 Å². The van der Waals surface area contributed by atoms with Gasteiger partial charge in [-0.2, -0.15) is 0 Å². The van der Waals surface area contributed by atoms with E-state index in [1.165, 1.54) is 0 Å². The summed E-state index contributed by atoms with van der Waals surface area (Å²) in [5.74, 6) is -0.0106. The fourth-order valence-electron chi connectivity index (χ4n) is 8.70. The van der Waals surface area contributed by atoms with Crippen LogP contribution in [0.4, 0.5) is 0 Å². The van der Waals surface area contributed by atoms with Gasteiger partial charge in [0, 0.05) is 14.1 Å². The summed E-state index contributed by atoms with van der Waals surface area (Å²) in [6.45, 7) is 0. The van der Waals surface area contributed by atoms with Crippen molar-refractivity contribution in [3.05, 3.63) is 215 Å². The molecule has 4 heteroatoms. The van der Waals surface area contributed by atoms with Gasteiger partial charge in [-0.05, 0) is 46.2 Å². The van der Waals surface area contributed by atoms with Gasteiger partial charge < -0.3 is 9.80 Å². The molecule has 1 saturated carbocycles. The van der Waals surface area contributed by atoms with Crippen molar-refractivity contribution in [2.75, 3.05) is 14.1 Å². The molecule has 260 valence electrons. The normalized spacial score (nSPS) is 16.1. The molecule has 7 rings (SSSR count). The van der Waals surface area contributed by atoms with E-state index < -0.39 is 10.8 Å². The predicted molar refractivity (Wildman–Crippen MR) is 210 cm³/mol. The Kier molecular flexibility index (Phi) is 10.2. The number of hydrogen-bond donors (Lipinski definition) is 0. The van der Waals surface area contributed by atoms with Crippen LogP contribution in [-0.2, 0) is 20.4 Å². The van der Waals surface area contributed by atoms with Gasteiger partial charge in [-0.25, -0.2) is 0 Å². The minimum atomic E-state index is -1.09. The minimum absolute atomic E-state index is 0.00529. The van der Waals surface area contributed by atoms with Crippen LogP contribution in [0.15, 0.2) is 182 Å². The second-order valence-electron chi connectivity index (χ2n) is 13.9. The third-order valence-corrected chi connectivity index (χ3v) is 11.2. The minimum Gasteiger partial charge on any atom is -0.339 e. The van der Waals surface area contributed by atoms with Crippen LogP contribution in [0.2, 0.25) is 0 Å². The first-order chi connectivity index (χ1) is 25.5. The number of hydrogen-bond acceptors (Lipinski definition) is 2. The number of benzene rings is 6. The van der Waals surface area contributed by atoms with Crippen molar-refractivity contribution >= 4 is 11.8 Å². The van der Waals surface area contributed by atoms with Crippen LogP contribution < -0.4 is 0 Å². The fraction of sp³-hybridized carbons (Fsp3) is 0.208. The highest BCUT2D eigenvalue weighted by molar-refractivity contribution is 5.98. The Morgan fingerprint density at radius 1 is 0.385 bits per heavy atom. The highest BCUT2D eigenvalue weighted by atomic mass is 16.2. The van der Waals surface area contributed by atoms with Crippen molar-refractivity contribution < 1.29 is 9.59 Å². The molecule has 6 aromatic carbocycles. The number of amides is 2. The van der Waals surface area contributed by atoms with Crippen LogP contribution in [0.1, 0.15) is 59.1 Å². The molecule has 0 spiro atoms. The summed E-state index contributed by atoms with van der Waals surface area (Å²) < 4.78 is 0. The van der Waals surface area contributed by atoms with Gasteiger partial charge in [-0.3, -0.25) is 9.59 Å². The van der Waals surface area contributed by atoms with Crippen LogP contribution in [0.3, 0.4) is 0 Å². The lowest BCUT2D eigenvalue weighted by molar-refractivity contribution is -0.143. The Morgan fingerprint density at radius 2 is 0.577 bits per heavy atom. The summed E-state index contributed by atoms with van der Waals surface area (Å²) >= 11 is 0. The molecule has 0 unspecified atom stereocenters. The zero-order valence-electron chi connectivity index (χ0n) is 30.0.